The van der Waals surface area contributed by atoms with E-state index in [1.165, 1.54) is 12.1 Å². The molecule has 0 radical (unpaired) electrons. The molecule has 8 heteroatoms. The van der Waals surface area contributed by atoms with Crippen molar-refractivity contribution in [2.45, 2.75) is 26.4 Å². The number of para-hydroxylation sites is 1. The molecule has 0 saturated carbocycles. The van der Waals surface area contributed by atoms with E-state index in [1.807, 2.05) is 0 Å². The number of aliphatic imine (C=N–C) groups is 1. The average Bonchev–Trinajstić information content (AvgIpc) is 2.64. The van der Waals surface area contributed by atoms with Crippen molar-refractivity contribution in [1.29, 1.82) is 0 Å². The number of nitrogens with two attached hydrogens (primary N) is 1. The second-order valence-corrected chi connectivity index (χ2v) is 7.18. The number of carbonyl (C=O) groups is 3. The molecule has 0 spiro atoms. The fraction of sp³-hybridized carbons (Fsp3) is 0.238. The van der Waals surface area contributed by atoms with Crippen LogP contribution in [0.3, 0.4) is 0 Å². The maximum atomic E-state index is 13.0. The first-order valence-electron chi connectivity index (χ1n) is 8.83. The van der Waals surface area contributed by atoms with Gasteiger partial charge in [0.15, 0.2) is 0 Å². The predicted octanol–water partition coefficient (Wildman–Crippen LogP) is 3.06. The van der Waals surface area contributed by atoms with Gasteiger partial charge in [0.05, 0.1) is 0 Å². The van der Waals surface area contributed by atoms with Crippen molar-refractivity contribution >= 4 is 29.5 Å². The fourth-order valence-electron chi connectivity index (χ4n) is 2.44. The number of carboxylic acid groups (broad SMARTS) is 1. The molecule has 2 amide bonds. The molecule has 0 saturated heterocycles. The van der Waals surface area contributed by atoms with Crippen LogP contribution in [0.4, 0.5) is 10.5 Å². The summed E-state index contributed by atoms with van der Waals surface area (Å²) in [7, 11) is 0. The van der Waals surface area contributed by atoms with Gasteiger partial charge in [-0.3, -0.25) is 14.5 Å². The highest BCUT2D eigenvalue weighted by Gasteiger charge is 2.21. The van der Waals surface area contributed by atoms with E-state index in [9.17, 15) is 19.5 Å². The van der Waals surface area contributed by atoms with Crippen LogP contribution < -0.4 is 10.6 Å². The Labute approximate surface area is 168 Å². The third kappa shape index (κ3) is 6.46. The van der Waals surface area contributed by atoms with Crippen LogP contribution in [-0.4, -0.2) is 41.1 Å². The summed E-state index contributed by atoms with van der Waals surface area (Å²) in [5.74, 6) is -1.78. The minimum Gasteiger partial charge on any atom is -0.480 e. The van der Waals surface area contributed by atoms with Gasteiger partial charge in [0, 0.05) is 16.8 Å². The number of benzene rings is 2. The summed E-state index contributed by atoms with van der Waals surface area (Å²) >= 11 is 0. The van der Waals surface area contributed by atoms with Crippen molar-refractivity contribution in [3.63, 3.8) is 0 Å². The van der Waals surface area contributed by atoms with Crippen LogP contribution >= 0.6 is 0 Å². The van der Waals surface area contributed by atoms with Gasteiger partial charge in [-0.1, -0.05) is 30.3 Å². The molecule has 152 valence electrons. The third-order valence-corrected chi connectivity index (χ3v) is 3.62. The topological polar surface area (TPSA) is 122 Å². The molecule has 2 aromatic rings. The zero-order chi connectivity index (χ0) is 21.6. The Bertz CT molecular complexity index is 933. The average molecular weight is 397 g/mol. The maximum absolute atomic E-state index is 13.0. The van der Waals surface area contributed by atoms with Gasteiger partial charge >= 0.3 is 12.1 Å². The summed E-state index contributed by atoms with van der Waals surface area (Å²) in [5.41, 5.74) is 6.15. The molecular weight excluding hydrogens is 374 g/mol. The number of amides is 2. The highest BCUT2D eigenvalue weighted by molar-refractivity contribution is 6.10. The Morgan fingerprint density at radius 1 is 1.03 bits per heavy atom. The van der Waals surface area contributed by atoms with Gasteiger partial charge in [-0.2, -0.15) is 4.99 Å². The van der Waals surface area contributed by atoms with Gasteiger partial charge in [-0.25, -0.2) is 4.79 Å². The van der Waals surface area contributed by atoms with Crippen LogP contribution in [0.15, 0.2) is 59.6 Å². The number of hydrogen-bond donors (Lipinski definition) is 2. The Kier molecular flexibility index (Phi) is 6.71. The number of anilines is 1. The number of carbonyl (C=O) groups excluding carboxylic acids is 2. The summed E-state index contributed by atoms with van der Waals surface area (Å²) in [6.07, 6.45) is -0.844. The van der Waals surface area contributed by atoms with E-state index in [2.05, 4.69) is 4.99 Å². The lowest BCUT2D eigenvalue weighted by molar-refractivity contribution is -0.135. The molecule has 0 bridgehead atoms. The van der Waals surface area contributed by atoms with E-state index in [0.29, 0.717) is 11.3 Å². The first-order chi connectivity index (χ1) is 13.6. The van der Waals surface area contributed by atoms with E-state index in [4.69, 9.17) is 10.5 Å². The molecule has 8 nitrogen and oxygen atoms in total. The highest BCUT2D eigenvalue weighted by Crippen LogP contribution is 2.18. The monoisotopic (exact) mass is 397 g/mol. The van der Waals surface area contributed by atoms with E-state index in [0.717, 1.165) is 4.90 Å². The van der Waals surface area contributed by atoms with Crippen molar-refractivity contribution in [1.82, 2.24) is 0 Å². The first kappa shape index (κ1) is 21.6. The van der Waals surface area contributed by atoms with Crippen LogP contribution in [0.5, 0.6) is 0 Å². The smallest absolute Gasteiger partial charge is 0.436 e. The highest BCUT2D eigenvalue weighted by atomic mass is 16.6. The van der Waals surface area contributed by atoms with Crippen molar-refractivity contribution in [2.24, 2.45) is 10.7 Å². The standard InChI is InChI=1S/C21H23N3O5/c1-21(2,3)29-20(28)23-18(22)14-8-7-9-15(12-14)19(27)24(13-17(25)26)16-10-5-4-6-11-16/h4-12H,13H2,1-3H3,(H,25,26)(H2,22,23,28). The van der Waals surface area contributed by atoms with Crippen LogP contribution in [0.2, 0.25) is 0 Å². The molecule has 0 aliphatic heterocycles. The van der Waals surface area contributed by atoms with Crippen LogP contribution in [0.25, 0.3) is 0 Å². The van der Waals surface area contributed by atoms with Crippen molar-refractivity contribution in [3.05, 3.63) is 65.7 Å². The van der Waals surface area contributed by atoms with Crippen molar-refractivity contribution < 1.29 is 24.2 Å². The van der Waals surface area contributed by atoms with E-state index >= 15 is 0 Å². The number of nitrogens with zero attached hydrogens (tertiary/aromatic N) is 2. The summed E-state index contributed by atoms with van der Waals surface area (Å²) in [6.45, 7) is 4.61. The number of aliphatic carboxylic acids is 1. The summed E-state index contributed by atoms with van der Waals surface area (Å²) in [6, 6.07) is 14.6. The molecule has 29 heavy (non-hydrogen) atoms. The van der Waals surface area contributed by atoms with Gasteiger partial charge in [-0.15, -0.1) is 0 Å². The molecule has 0 aliphatic carbocycles. The maximum Gasteiger partial charge on any atom is 0.436 e. The number of hydrogen-bond acceptors (Lipinski definition) is 4. The normalized spacial score (nSPS) is 11.6. The molecule has 0 atom stereocenters. The summed E-state index contributed by atoms with van der Waals surface area (Å²) < 4.78 is 5.10. The molecule has 0 unspecified atom stereocenters. The van der Waals surface area contributed by atoms with E-state index in [-0.39, 0.29) is 11.4 Å². The molecule has 2 aromatic carbocycles. The zero-order valence-electron chi connectivity index (χ0n) is 16.5. The molecule has 0 aliphatic rings. The molecule has 3 N–H and O–H groups in total. The van der Waals surface area contributed by atoms with E-state index < -0.39 is 30.1 Å². The second-order valence-electron chi connectivity index (χ2n) is 7.18. The molecule has 2 rings (SSSR count). The Balaban J connectivity index is 2.32. The summed E-state index contributed by atoms with van der Waals surface area (Å²) in [4.78, 5) is 40.9. The number of amidine groups is 1. The Hall–Kier alpha value is -3.68. The third-order valence-electron chi connectivity index (χ3n) is 3.62. The van der Waals surface area contributed by atoms with Gasteiger partial charge in [-0.05, 0) is 45.0 Å². The van der Waals surface area contributed by atoms with Gasteiger partial charge < -0.3 is 15.6 Å². The minimum absolute atomic E-state index is 0.113. The van der Waals surface area contributed by atoms with Gasteiger partial charge in [0.1, 0.15) is 18.0 Å². The second kappa shape index (κ2) is 9.01. The number of rotatable bonds is 5. The Morgan fingerprint density at radius 2 is 1.66 bits per heavy atom. The van der Waals surface area contributed by atoms with Crippen LogP contribution in [-0.2, 0) is 9.53 Å². The van der Waals surface area contributed by atoms with Crippen LogP contribution in [0, 0.1) is 0 Å². The Morgan fingerprint density at radius 3 is 2.24 bits per heavy atom. The molecule has 0 fully saturated rings. The first-order valence-corrected chi connectivity index (χ1v) is 8.83. The molecular formula is C21H23N3O5. The minimum atomic E-state index is -1.15. The summed E-state index contributed by atoms with van der Waals surface area (Å²) in [5, 5.41) is 9.19. The SMILES string of the molecule is CC(C)(C)OC(=O)N=C(N)c1cccc(C(=O)N(CC(=O)O)c2ccccc2)c1. The molecule has 0 aromatic heterocycles. The lowest BCUT2D eigenvalue weighted by Gasteiger charge is -2.21. The zero-order valence-corrected chi connectivity index (χ0v) is 16.5. The quantitative estimate of drug-likeness (QED) is 0.590. The number of ether oxygens (including phenoxy) is 1. The number of carboxylic acids is 1. The van der Waals surface area contributed by atoms with Gasteiger partial charge in [0.2, 0.25) is 0 Å². The van der Waals surface area contributed by atoms with Gasteiger partial charge in [0.25, 0.3) is 5.91 Å². The van der Waals surface area contributed by atoms with Crippen molar-refractivity contribution in [2.75, 3.05) is 11.4 Å². The fourth-order valence-corrected chi connectivity index (χ4v) is 2.44. The van der Waals surface area contributed by atoms with Crippen LogP contribution in [0.1, 0.15) is 36.7 Å². The predicted molar refractivity (Wildman–Crippen MR) is 109 cm³/mol. The van der Waals surface area contributed by atoms with Crippen molar-refractivity contribution in [3.8, 4) is 0 Å². The van der Waals surface area contributed by atoms with E-state index in [1.54, 1.807) is 63.2 Å². The lowest BCUT2D eigenvalue weighted by atomic mass is 10.1. The lowest BCUT2D eigenvalue weighted by Crippen LogP contribution is -2.35. The largest absolute Gasteiger partial charge is 0.480 e. The molecule has 0 heterocycles.